The third-order valence-corrected chi connectivity index (χ3v) is 3.88. The van der Waals surface area contributed by atoms with E-state index in [2.05, 4.69) is 5.16 Å². The summed E-state index contributed by atoms with van der Waals surface area (Å²) in [5, 5.41) is 3.56. The molecule has 0 N–H and O–H groups in total. The lowest BCUT2D eigenvalue weighted by atomic mass is 10.0. The molecule has 0 unspecified atom stereocenters. The molecule has 5 nitrogen and oxygen atoms in total. The molecule has 130 valence electrons. The fraction of sp³-hybridized carbons (Fsp3) is 0.176. The second-order valence-electron chi connectivity index (χ2n) is 5.12. The summed E-state index contributed by atoms with van der Waals surface area (Å²) in [6.07, 6.45) is 0.415. The van der Waals surface area contributed by atoms with Crippen LogP contribution < -0.4 is 9.47 Å². The molecule has 25 heavy (non-hydrogen) atoms. The number of methoxy groups -OCH3 is 1. The molecule has 1 aliphatic rings. The SMILES string of the molecule is COc1ccc2c(c1)OCC/C2=N\OC(=O)c1cc(F)c(F)cc1Cl. The van der Waals surface area contributed by atoms with E-state index in [1.165, 1.54) is 7.11 Å². The number of nitrogens with zero attached hydrogens (tertiary/aromatic N) is 1. The number of carbonyl (C=O) groups is 1. The minimum absolute atomic E-state index is 0.263. The van der Waals surface area contributed by atoms with Gasteiger partial charge in [-0.3, -0.25) is 0 Å². The van der Waals surface area contributed by atoms with Crippen LogP contribution in [0.4, 0.5) is 8.78 Å². The number of hydrogen-bond donors (Lipinski definition) is 0. The van der Waals surface area contributed by atoms with Gasteiger partial charge in [0.2, 0.25) is 0 Å². The number of ether oxygens (including phenoxy) is 2. The summed E-state index contributed by atoms with van der Waals surface area (Å²) < 4.78 is 37.0. The summed E-state index contributed by atoms with van der Waals surface area (Å²) in [5.74, 6) is -2.18. The van der Waals surface area contributed by atoms with Crippen molar-refractivity contribution in [2.45, 2.75) is 6.42 Å². The lowest BCUT2D eigenvalue weighted by Crippen LogP contribution is -2.17. The molecule has 2 aromatic carbocycles. The lowest BCUT2D eigenvalue weighted by molar-refractivity contribution is 0.0514. The zero-order valence-electron chi connectivity index (χ0n) is 13.0. The lowest BCUT2D eigenvalue weighted by Gasteiger charge is -2.19. The largest absolute Gasteiger partial charge is 0.497 e. The van der Waals surface area contributed by atoms with Crippen molar-refractivity contribution in [3.63, 3.8) is 0 Å². The molecule has 0 aliphatic carbocycles. The Morgan fingerprint density at radius 3 is 2.76 bits per heavy atom. The predicted octanol–water partition coefficient (Wildman–Crippen LogP) is 3.97. The van der Waals surface area contributed by atoms with Gasteiger partial charge in [0, 0.05) is 18.1 Å². The van der Waals surface area contributed by atoms with E-state index in [1.54, 1.807) is 18.2 Å². The summed E-state index contributed by atoms with van der Waals surface area (Å²) in [6.45, 7) is 0.350. The molecular formula is C17H12ClF2NO4. The quantitative estimate of drug-likeness (QED) is 0.468. The Labute approximate surface area is 146 Å². The fourth-order valence-corrected chi connectivity index (χ4v) is 2.53. The first-order valence-corrected chi connectivity index (χ1v) is 7.61. The molecule has 0 atom stereocenters. The summed E-state index contributed by atoms with van der Waals surface area (Å²) in [4.78, 5) is 16.9. The van der Waals surface area contributed by atoms with E-state index in [0.29, 0.717) is 47.9 Å². The van der Waals surface area contributed by atoms with Gasteiger partial charge < -0.3 is 14.3 Å². The molecule has 1 heterocycles. The first kappa shape index (κ1) is 17.2. The van der Waals surface area contributed by atoms with E-state index in [4.69, 9.17) is 25.9 Å². The van der Waals surface area contributed by atoms with Gasteiger partial charge in [-0.05, 0) is 24.3 Å². The van der Waals surface area contributed by atoms with Crippen molar-refractivity contribution in [2.75, 3.05) is 13.7 Å². The number of benzene rings is 2. The number of rotatable bonds is 3. The highest BCUT2D eigenvalue weighted by Crippen LogP contribution is 2.29. The van der Waals surface area contributed by atoms with Crippen molar-refractivity contribution in [1.29, 1.82) is 0 Å². The molecule has 0 radical (unpaired) electrons. The second kappa shape index (κ2) is 7.06. The van der Waals surface area contributed by atoms with Crippen molar-refractivity contribution < 1.29 is 27.9 Å². The smallest absolute Gasteiger partial charge is 0.367 e. The van der Waals surface area contributed by atoms with Gasteiger partial charge in [0.1, 0.15) is 11.5 Å². The Morgan fingerprint density at radius 2 is 2.00 bits per heavy atom. The highest BCUT2D eigenvalue weighted by molar-refractivity contribution is 6.33. The zero-order valence-corrected chi connectivity index (χ0v) is 13.8. The number of hydrogen-bond acceptors (Lipinski definition) is 5. The average Bonchev–Trinajstić information content (AvgIpc) is 2.62. The molecule has 2 aromatic rings. The van der Waals surface area contributed by atoms with Gasteiger partial charge in [0.25, 0.3) is 0 Å². The number of oxime groups is 1. The summed E-state index contributed by atoms with van der Waals surface area (Å²) in [5.41, 5.74) is 0.819. The molecule has 0 amide bonds. The molecule has 1 aliphatic heterocycles. The molecule has 0 spiro atoms. The number of halogens is 3. The summed E-state index contributed by atoms with van der Waals surface area (Å²) in [6, 6.07) is 6.51. The minimum atomic E-state index is -1.20. The Hall–Kier alpha value is -2.67. The van der Waals surface area contributed by atoms with Gasteiger partial charge >= 0.3 is 5.97 Å². The average molecular weight is 368 g/mol. The third kappa shape index (κ3) is 3.56. The van der Waals surface area contributed by atoms with Crippen molar-refractivity contribution in [3.8, 4) is 11.5 Å². The van der Waals surface area contributed by atoms with E-state index in [1.807, 2.05) is 0 Å². The van der Waals surface area contributed by atoms with E-state index in [-0.39, 0.29) is 10.6 Å². The van der Waals surface area contributed by atoms with Crippen molar-refractivity contribution in [3.05, 3.63) is 58.1 Å². The molecular weight excluding hydrogens is 356 g/mol. The van der Waals surface area contributed by atoms with Crippen LogP contribution in [-0.2, 0) is 4.84 Å². The van der Waals surface area contributed by atoms with Crippen LogP contribution in [0.2, 0.25) is 5.02 Å². The van der Waals surface area contributed by atoms with Crippen LogP contribution >= 0.6 is 11.6 Å². The first-order valence-electron chi connectivity index (χ1n) is 7.23. The Balaban J connectivity index is 1.84. The van der Waals surface area contributed by atoms with Gasteiger partial charge in [-0.25, -0.2) is 13.6 Å². The second-order valence-corrected chi connectivity index (χ2v) is 5.53. The zero-order chi connectivity index (χ0) is 18.0. The van der Waals surface area contributed by atoms with Crippen LogP contribution in [0.25, 0.3) is 0 Å². The maximum atomic E-state index is 13.3. The standard InChI is InChI=1S/C17H12ClF2NO4/c1-23-9-2-3-10-15(4-5-24-16(10)6-9)21-25-17(22)11-7-13(19)14(20)8-12(11)18/h2-3,6-8H,4-5H2,1H3/b21-15+. The van der Waals surface area contributed by atoms with Gasteiger partial charge in [0.15, 0.2) is 11.6 Å². The fourth-order valence-electron chi connectivity index (χ4n) is 2.30. The molecule has 0 fully saturated rings. The monoisotopic (exact) mass is 367 g/mol. The van der Waals surface area contributed by atoms with Crippen LogP contribution in [-0.4, -0.2) is 25.4 Å². The van der Waals surface area contributed by atoms with E-state index >= 15 is 0 Å². The first-order chi connectivity index (χ1) is 12.0. The van der Waals surface area contributed by atoms with E-state index in [0.717, 1.165) is 0 Å². The van der Waals surface area contributed by atoms with Gasteiger partial charge in [-0.1, -0.05) is 16.8 Å². The maximum absolute atomic E-state index is 13.3. The molecule has 3 rings (SSSR count). The van der Waals surface area contributed by atoms with Crippen LogP contribution in [0, 0.1) is 11.6 Å². The van der Waals surface area contributed by atoms with Crippen LogP contribution in [0.3, 0.4) is 0 Å². The topological polar surface area (TPSA) is 57.1 Å². The highest BCUT2D eigenvalue weighted by Gasteiger charge is 2.20. The van der Waals surface area contributed by atoms with Crippen molar-refractivity contribution in [2.24, 2.45) is 5.16 Å². The maximum Gasteiger partial charge on any atom is 0.367 e. The molecule has 8 heteroatoms. The molecule has 0 bridgehead atoms. The molecule has 0 saturated carbocycles. The van der Waals surface area contributed by atoms with Crippen LogP contribution in [0.1, 0.15) is 22.3 Å². The Bertz CT molecular complexity index is 870. The van der Waals surface area contributed by atoms with Crippen molar-refractivity contribution >= 4 is 23.3 Å². The van der Waals surface area contributed by atoms with Crippen LogP contribution in [0.15, 0.2) is 35.5 Å². The van der Waals surface area contributed by atoms with Gasteiger partial charge in [-0.2, -0.15) is 0 Å². The van der Waals surface area contributed by atoms with Crippen molar-refractivity contribution in [1.82, 2.24) is 0 Å². The summed E-state index contributed by atoms with van der Waals surface area (Å²) in [7, 11) is 1.53. The number of carbonyl (C=O) groups excluding carboxylic acids is 1. The minimum Gasteiger partial charge on any atom is -0.497 e. The van der Waals surface area contributed by atoms with E-state index in [9.17, 15) is 13.6 Å². The normalized spacial score (nSPS) is 14.6. The third-order valence-electron chi connectivity index (χ3n) is 3.56. The Kier molecular flexibility index (Phi) is 4.85. The van der Waals surface area contributed by atoms with E-state index < -0.39 is 17.6 Å². The Morgan fingerprint density at radius 1 is 1.24 bits per heavy atom. The predicted molar refractivity (Wildman–Crippen MR) is 86.4 cm³/mol. The van der Waals surface area contributed by atoms with Gasteiger partial charge in [0.05, 0.1) is 30.0 Å². The van der Waals surface area contributed by atoms with Gasteiger partial charge in [-0.15, -0.1) is 0 Å². The van der Waals surface area contributed by atoms with Crippen LogP contribution in [0.5, 0.6) is 11.5 Å². The molecule has 0 aromatic heterocycles. The molecule has 0 saturated heterocycles. The summed E-state index contributed by atoms with van der Waals surface area (Å²) >= 11 is 5.74. The number of fused-ring (bicyclic) bond motifs is 1. The highest BCUT2D eigenvalue weighted by atomic mass is 35.5.